The van der Waals surface area contributed by atoms with Gasteiger partial charge in [0, 0.05) is 24.3 Å². The third kappa shape index (κ3) is 2.45. The molecule has 20 heavy (non-hydrogen) atoms. The molecule has 2 aliphatic rings. The number of amides is 2. The number of nitrogen functional groups attached to an aromatic ring is 1. The van der Waals surface area contributed by atoms with Crippen molar-refractivity contribution in [3.63, 3.8) is 0 Å². The van der Waals surface area contributed by atoms with E-state index in [4.69, 9.17) is 5.73 Å². The van der Waals surface area contributed by atoms with E-state index in [1.165, 1.54) is 0 Å². The van der Waals surface area contributed by atoms with Gasteiger partial charge in [-0.2, -0.15) is 0 Å². The van der Waals surface area contributed by atoms with Crippen LogP contribution in [0.5, 0.6) is 0 Å². The Morgan fingerprint density at radius 2 is 2.15 bits per heavy atom. The highest BCUT2D eigenvalue weighted by molar-refractivity contribution is 6.02. The summed E-state index contributed by atoms with van der Waals surface area (Å²) < 4.78 is 0. The zero-order chi connectivity index (χ0) is 13.4. The third-order valence-electron chi connectivity index (χ3n) is 3.85. The SMILES string of the molecule is Cl.Nc1cccc2c1CCCN2C(=O)[C@@H]1CCC(=O)N1. The van der Waals surface area contributed by atoms with Crippen LogP contribution in [0.1, 0.15) is 24.8 Å². The van der Waals surface area contributed by atoms with Crippen LogP contribution in [0.25, 0.3) is 0 Å². The predicted molar refractivity (Wildman–Crippen MR) is 79.9 cm³/mol. The Labute approximate surface area is 123 Å². The molecule has 1 aromatic rings. The first-order valence-corrected chi connectivity index (χ1v) is 6.65. The largest absolute Gasteiger partial charge is 0.398 e. The van der Waals surface area contributed by atoms with Gasteiger partial charge >= 0.3 is 0 Å². The maximum atomic E-state index is 12.5. The van der Waals surface area contributed by atoms with Crippen LogP contribution in [0, 0.1) is 0 Å². The van der Waals surface area contributed by atoms with Crippen molar-refractivity contribution in [1.82, 2.24) is 5.32 Å². The van der Waals surface area contributed by atoms with Crippen LogP contribution in [-0.4, -0.2) is 24.4 Å². The summed E-state index contributed by atoms with van der Waals surface area (Å²) in [6, 6.07) is 5.29. The van der Waals surface area contributed by atoms with E-state index < -0.39 is 0 Å². The molecular formula is C14H18ClN3O2. The normalized spacial score (nSPS) is 20.9. The Hall–Kier alpha value is -1.75. The summed E-state index contributed by atoms with van der Waals surface area (Å²) >= 11 is 0. The minimum absolute atomic E-state index is 0. The molecule has 0 unspecified atom stereocenters. The van der Waals surface area contributed by atoms with Gasteiger partial charge in [0.1, 0.15) is 6.04 Å². The number of carbonyl (C=O) groups excluding carboxylic acids is 2. The lowest BCUT2D eigenvalue weighted by Crippen LogP contribution is -2.46. The fourth-order valence-corrected chi connectivity index (χ4v) is 2.87. The molecule has 5 nitrogen and oxygen atoms in total. The Morgan fingerprint density at radius 3 is 2.85 bits per heavy atom. The van der Waals surface area contributed by atoms with Crippen LogP contribution in [0.2, 0.25) is 0 Å². The summed E-state index contributed by atoms with van der Waals surface area (Å²) in [5.41, 5.74) is 8.66. The Morgan fingerprint density at radius 1 is 1.35 bits per heavy atom. The third-order valence-corrected chi connectivity index (χ3v) is 3.85. The first-order chi connectivity index (χ1) is 9.16. The van der Waals surface area contributed by atoms with Crippen molar-refractivity contribution in [2.75, 3.05) is 17.2 Å². The summed E-state index contributed by atoms with van der Waals surface area (Å²) in [6.07, 6.45) is 2.84. The molecule has 0 aromatic heterocycles. The van der Waals surface area contributed by atoms with E-state index in [1.807, 2.05) is 18.2 Å². The molecular weight excluding hydrogens is 278 g/mol. The molecule has 0 bridgehead atoms. The van der Waals surface area contributed by atoms with Crippen LogP contribution in [0.3, 0.4) is 0 Å². The molecule has 1 saturated heterocycles. The monoisotopic (exact) mass is 295 g/mol. The standard InChI is InChI=1S/C14H17N3O2.ClH/c15-10-4-1-5-12-9(10)3-2-8-17(12)14(19)11-6-7-13(18)16-11;/h1,4-5,11H,2-3,6-8,15H2,(H,16,18);1H/t11-;/m0./s1. The van der Waals surface area contributed by atoms with Crippen molar-refractivity contribution in [2.45, 2.75) is 31.7 Å². The molecule has 3 N–H and O–H groups in total. The number of fused-ring (bicyclic) bond motifs is 1. The number of rotatable bonds is 1. The lowest BCUT2D eigenvalue weighted by atomic mass is 9.99. The van der Waals surface area contributed by atoms with Gasteiger partial charge in [0.25, 0.3) is 0 Å². The van der Waals surface area contributed by atoms with Crippen LogP contribution < -0.4 is 16.0 Å². The minimum atomic E-state index is -0.375. The van der Waals surface area contributed by atoms with Gasteiger partial charge in [0.2, 0.25) is 11.8 Å². The Bertz CT molecular complexity index is 547. The highest BCUT2D eigenvalue weighted by Crippen LogP contribution is 2.32. The first-order valence-electron chi connectivity index (χ1n) is 6.65. The quantitative estimate of drug-likeness (QED) is 0.766. The smallest absolute Gasteiger partial charge is 0.249 e. The van der Waals surface area contributed by atoms with Gasteiger partial charge in [-0.25, -0.2) is 0 Å². The van der Waals surface area contributed by atoms with Crippen molar-refractivity contribution in [2.24, 2.45) is 0 Å². The first kappa shape index (κ1) is 14.7. The number of hydrogen-bond donors (Lipinski definition) is 2. The van der Waals surface area contributed by atoms with Crippen molar-refractivity contribution >= 4 is 35.6 Å². The van der Waals surface area contributed by atoms with Crippen LogP contribution >= 0.6 is 12.4 Å². The fourth-order valence-electron chi connectivity index (χ4n) is 2.87. The molecule has 0 spiro atoms. The lowest BCUT2D eigenvalue weighted by molar-refractivity contribution is -0.124. The number of benzene rings is 1. The molecule has 0 saturated carbocycles. The number of halogens is 1. The molecule has 6 heteroatoms. The predicted octanol–water partition coefficient (Wildman–Crippen LogP) is 1.25. The number of anilines is 2. The minimum Gasteiger partial charge on any atom is -0.398 e. The fraction of sp³-hybridized carbons (Fsp3) is 0.429. The highest BCUT2D eigenvalue weighted by Gasteiger charge is 2.33. The highest BCUT2D eigenvalue weighted by atomic mass is 35.5. The van der Waals surface area contributed by atoms with Gasteiger partial charge in [0.15, 0.2) is 0 Å². The average molecular weight is 296 g/mol. The molecule has 1 fully saturated rings. The number of nitrogens with one attached hydrogen (secondary N) is 1. The molecule has 0 aliphatic carbocycles. The maximum Gasteiger partial charge on any atom is 0.249 e. The van der Waals surface area contributed by atoms with E-state index in [1.54, 1.807) is 4.90 Å². The van der Waals surface area contributed by atoms with E-state index in [9.17, 15) is 9.59 Å². The molecule has 2 heterocycles. The van der Waals surface area contributed by atoms with E-state index >= 15 is 0 Å². The van der Waals surface area contributed by atoms with E-state index in [-0.39, 0.29) is 30.3 Å². The summed E-state index contributed by atoms with van der Waals surface area (Å²) in [6.45, 7) is 0.696. The summed E-state index contributed by atoms with van der Waals surface area (Å²) in [5.74, 6) is -0.0550. The van der Waals surface area contributed by atoms with E-state index in [0.717, 1.165) is 29.8 Å². The number of nitrogens with two attached hydrogens (primary N) is 1. The van der Waals surface area contributed by atoms with Gasteiger partial charge in [0.05, 0.1) is 0 Å². The summed E-state index contributed by atoms with van der Waals surface area (Å²) in [4.78, 5) is 25.5. The maximum absolute atomic E-state index is 12.5. The van der Waals surface area contributed by atoms with Crippen LogP contribution in [0.4, 0.5) is 11.4 Å². The van der Waals surface area contributed by atoms with Crippen molar-refractivity contribution in [1.29, 1.82) is 0 Å². The molecule has 1 atom stereocenters. The van der Waals surface area contributed by atoms with E-state index in [2.05, 4.69) is 5.32 Å². The second-order valence-electron chi connectivity index (χ2n) is 5.10. The summed E-state index contributed by atoms with van der Waals surface area (Å²) in [7, 11) is 0. The van der Waals surface area contributed by atoms with Gasteiger partial charge in [-0.3, -0.25) is 9.59 Å². The second kappa shape index (κ2) is 5.71. The van der Waals surface area contributed by atoms with Crippen LogP contribution in [-0.2, 0) is 16.0 Å². The Balaban J connectivity index is 0.00000147. The number of carbonyl (C=O) groups is 2. The van der Waals surface area contributed by atoms with Crippen molar-refractivity contribution in [3.05, 3.63) is 23.8 Å². The zero-order valence-corrected chi connectivity index (χ0v) is 11.9. The average Bonchev–Trinajstić information content (AvgIpc) is 2.85. The lowest BCUT2D eigenvalue weighted by Gasteiger charge is -2.32. The van der Waals surface area contributed by atoms with Crippen molar-refractivity contribution in [3.8, 4) is 0 Å². The number of hydrogen-bond acceptors (Lipinski definition) is 3. The van der Waals surface area contributed by atoms with Crippen molar-refractivity contribution < 1.29 is 9.59 Å². The molecule has 2 amide bonds. The number of nitrogens with zero attached hydrogens (tertiary/aromatic N) is 1. The van der Waals surface area contributed by atoms with Crippen LogP contribution in [0.15, 0.2) is 18.2 Å². The van der Waals surface area contributed by atoms with Gasteiger partial charge in [-0.05, 0) is 37.0 Å². The molecule has 3 rings (SSSR count). The van der Waals surface area contributed by atoms with E-state index in [0.29, 0.717) is 19.4 Å². The van der Waals surface area contributed by atoms with Gasteiger partial charge in [-0.1, -0.05) is 6.07 Å². The molecule has 108 valence electrons. The molecule has 0 radical (unpaired) electrons. The van der Waals surface area contributed by atoms with Gasteiger partial charge < -0.3 is 16.0 Å². The Kier molecular flexibility index (Phi) is 4.18. The second-order valence-corrected chi connectivity index (χ2v) is 5.10. The molecule has 1 aromatic carbocycles. The topological polar surface area (TPSA) is 75.4 Å². The van der Waals surface area contributed by atoms with Gasteiger partial charge in [-0.15, -0.1) is 12.4 Å². The summed E-state index contributed by atoms with van der Waals surface area (Å²) in [5, 5.41) is 2.73. The molecule has 2 aliphatic heterocycles. The zero-order valence-electron chi connectivity index (χ0n) is 11.1.